The molecule has 1 aliphatic heterocycles. The molecule has 1 saturated heterocycles. The zero-order chi connectivity index (χ0) is 23.0. The molecule has 0 spiro atoms. The Morgan fingerprint density at radius 2 is 1.64 bits per heavy atom. The highest BCUT2D eigenvalue weighted by Gasteiger charge is 2.38. The van der Waals surface area contributed by atoms with Gasteiger partial charge in [0.1, 0.15) is 25.5 Å². The summed E-state index contributed by atoms with van der Waals surface area (Å²) in [6.07, 6.45) is 2.04. The van der Waals surface area contributed by atoms with Crippen molar-refractivity contribution in [2.24, 2.45) is 0 Å². The highest BCUT2D eigenvalue weighted by atomic mass is 16.6. The molecule has 8 heteroatoms. The second-order valence-electron chi connectivity index (χ2n) is 7.72. The molecule has 0 radical (unpaired) electrons. The number of ether oxygens (including phenoxy) is 2. The number of aromatic nitrogens is 1. The van der Waals surface area contributed by atoms with Crippen molar-refractivity contribution >= 4 is 17.8 Å². The maximum Gasteiger partial charge on any atom is 0.410 e. The van der Waals surface area contributed by atoms with Crippen LogP contribution in [0.15, 0.2) is 79.0 Å². The van der Waals surface area contributed by atoms with Crippen molar-refractivity contribution in [3.63, 3.8) is 0 Å². The first-order chi connectivity index (χ1) is 16.1. The Hall–Kier alpha value is -4.07. The largest absolute Gasteiger partial charge is 0.481 e. The summed E-state index contributed by atoms with van der Waals surface area (Å²) < 4.78 is 12.0. The van der Waals surface area contributed by atoms with Crippen LogP contribution in [0.5, 0.6) is 5.75 Å². The van der Waals surface area contributed by atoms with E-state index in [2.05, 4.69) is 5.32 Å². The Bertz CT molecular complexity index is 1090. The Labute approximate surface area is 191 Å². The number of hydrogen-bond donors (Lipinski definition) is 2. The summed E-state index contributed by atoms with van der Waals surface area (Å²) in [4.78, 5) is 27.1. The van der Waals surface area contributed by atoms with Gasteiger partial charge in [-0.25, -0.2) is 14.9 Å². The number of hydrogen-bond acceptors (Lipinski definition) is 5. The molecule has 0 aliphatic carbocycles. The molecule has 2 heterocycles. The molecule has 0 bridgehead atoms. The van der Waals surface area contributed by atoms with Crippen molar-refractivity contribution < 1.29 is 29.0 Å². The molecule has 1 aliphatic rings. The normalized spacial score (nSPS) is 15.2. The molecular weight excluding hydrogens is 422 g/mol. The maximum atomic E-state index is 13.0. The van der Waals surface area contributed by atoms with Gasteiger partial charge in [-0.3, -0.25) is 4.90 Å². The molecule has 0 unspecified atom stereocenters. The molecule has 8 nitrogen and oxygen atoms in total. The summed E-state index contributed by atoms with van der Waals surface area (Å²) in [5.74, 6) is -0.000870. The van der Waals surface area contributed by atoms with Gasteiger partial charge in [0.15, 0.2) is 0 Å². The Morgan fingerprint density at radius 1 is 0.970 bits per heavy atom. The summed E-state index contributed by atoms with van der Waals surface area (Å²) in [7, 11) is 0. The zero-order valence-electron chi connectivity index (χ0n) is 18.1. The fourth-order valence-corrected chi connectivity index (χ4v) is 3.71. The number of pyridine rings is 1. The van der Waals surface area contributed by atoms with E-state index in [1.807, 2.05) is 60.7 Å². The Morgan fingerprint density at radius 3 is 2.33 bits per heavy atom. The van der Waals surface area contributed by atoms with E-state index in [0.29, 0.717) is 25.1 Å². The van der Waals surface area contributed by atoms with Gasteiger partial charge in [0.2, 0.25) is 5.75 Å². The van der Waals surface area contributed by atoms with Gasteiger partial charge in [0, 0.05) is 6.54 Å². The number of nitrogens with one attached hydrogen (secondary N) is 1. The average Bonchev–Trinajstić information content (AvgIpc) is 3.34. The molecule has 3 aromatic rings. The zero-order valence-corrected chi connectivity index (χ0v) is 18.1. The van der Waals surface area contributed by atoms with Crippen LogP contribution in [0.4, 0.5) is 10.6 Å². The third-order valence-electron chi connectivity index (χ3n) is 5.41. The van der Waals surface area contributed by atoms with E-state index in [9.17, 15) is 14.8 Å². The summed E-state index contributed by atoms with van der Waals surface area (Å²) in [5, 5.41) is 13.0. The first-order valence-electron chi connectivity index (χ1n) is 10.8. The van der Waals surface area contributed by atoms with Crippen LogP contribution in [0.1, 0.15) is 24.0 Å². The monoisotopic (exact) mass is 448 g/mol. The lowest BCUT2D eigenvalue weighted by atomic mass is 10.2. The van der Waals surface area contributed by atoms with Gasteiger partial charge in [-0.15, -0.1) is 0 Å². The molecule has 2 N–H and O–H groups in total. The van der Waals surface area contributed by atoms with Crippen LogP contribution in [0.25, 0.3) is 0 Å². The molecule has 2 amide bonds. The van der Waals surface area contributed by atoms with Gasteiger partial charge in [-0.2, -0.15) is 0 Å². The highest BCUT2D eigenvalue weighted by Crippen LogP contribution is 2.24. The predicted octanol–water partition coefficient (Wildman–Crippen LogP) is 3.53. The third-order valence-corrected chi connectivity index (χ3v) is 5.41. The van der Waals surface area contributed by atoms with Crippen LogP contribution in [0.3, 0.4) is 0 Å². The molecule has 1 fully saturated rings. The Kier molecular flexibility index (Phi) is 7.04. The van der Waals surface area contributed by atoms with Crippen LogP contribution < -0.4 is 14.8 Å². The van der Waals surface area contributed by atoms with Crippen LogP contribution in [-0.2, 0) is 22.7 Å². The van der Waals surface area contributed by atoms with Crippen molar-refractivity contribution in [2.75, 3.05) is 11.9 Å². The third kappa shape index (κ3) is 5.60. The van der Waals surface area contributed by atoms with E-state index in [0.717, 1.165) is 15.9 Å². The van der Waals surface area contributed by atoms with E-state index >= 15 is 0 Å². The van der Waals surface area contributed by atoms with Gasteiger partial charge >= 0.3 is 17.8 Å². The minimum Gasteiger partial charge on any atom is -0.481 e. The number of rotatable bonds is 7. The lowest BCUT2D eigenvalue weighted by Gasteiger charge is -2.21. The van der Waals surface area contributed by atoms with Crippen molar-refractivity contribution in [1.82, 2.24) is 4.90 Å². The molecule has 1 aromatic heterocycles. The number of anilines is 1. The minimum absolute atomic E-state index is 0.0999. The molecule has 2 aromatic carbocycles. The van der Waals surface area contributed by atoms with Gasteiger partial charge in [-0.05, 0) is 40.8 Å². The fourth-order valence-electron chi connectivity index (χ4n) is 3.71. The van der Waals surface area contributed by atoms with E-state index in [4.69, 9.17) is 9.47 Å². The molecule has 170 valence electrons. The SMILES string of the molecule is O=C(Nc1c(OCc2ccccc2)ccc[n+]1O)[C@@H]1CCCN1C(=O)OCc1ccccc1. The lowest BCUT2D eigenvalue weighted by Crippen LogP contribution is -2.45. The molecule has 0 saturated carbocycles. The Balaban J connectivity index is 1.41. The number of likely N-dealkylation sites (tertiary alicyclic amines) is 1. The smallest absolute Gasteiger partial charge is 0.410 e. The van der Waals surface area contributed by atoms with E-state index in [1.54, 1.807) is 12.1 Å². The topological polar surface area (TPSA) is 92.0 Å². The first kappa shape index (κ1) is 22.1. The summed E-state index contributed by atoms with van der Waals surface area (Å²) >= 11 is 0. The van der Waals surface area contributed by atoms with Crippen molar-refractivity contribution in [1.29, 1.82) is 0 Å². The number of carbonyl (C=O) groups excluding carboxylic acids is 2. The molecule has 1 atom stereocenters. The van der Waals surface area contributed by atoms with Crippen LogP contribution >= 0.6 is 0 Å². The standard InChI is InChI=1S/C25H25N3O5/c29-24(21-13-7-15-27(21)25(30)33-18-20-11-5-2-6-12-20)26-23-22(14-8-16-28(23)31)32-17-19-9-3-1-4-10-19/h1-6,8-12,14,16,21,31H,7,13,15,17-18H2/p+1/t21-/m0/s1. The van der Waals surface area contributed by atoms with Crippen LogP contribution in [0, 0.1) is 0 Å². The second kappa shape index (κ2) is 10.5. The van der Waals surface area contributed by atoms with Gasteiger partial charge < -0.3 is 14.7 Å². The number of carbonyl (C=O) groups is 2. The van der Waals surface area contributed by atoms with Crippen molar-refractivity contribution in [3.05, 3.63) is 90.1 Å². The number of amides is 2. The molecule has 33 heavy (non-hydrogen) atoms. The minimum atomic E-state index is -0.699. The van der Waals surface area contributed by atoms with E-state index in [-0.39, 0.29) is 19.0 Å². The van der Waals surface area contributed by atoms with E-state index in [1.165, 1.54) is 11.1 Å². The average molecular weight is 448 g/mol. The highest BCUT2D eigenvalue weighted by molar-refractivity contribution is 5.96. The summed E-state index contributed by atoms with van der Waals surface area (Å²) in [6.45, 7) is 0.837. The van der Waals surface area contributed by atoms with Crippen LogP contribution in [0.2, 0.25) is 0 Å². The van der Waals surface area contributed by atoms with Crippen LogP contribution in [-0.4, -0.2) is 34.7 Å². The summed E-state index contributed by atoms with van der Waals surface area (Å²) in [6, 6.07) is 21.5. The summed E-state index contributed by atoms with van der Waals surface area (Å²) in [5.41, 5.74) is 1.82. The second-order valence-corrected chi connectivity index (χ2v) is 7.72. The van der Waals surface area contributed by atoms with Gasteiger partial charge in [0.25, 0.3) is 0 Å². The number of benzene rings is 2. The maximum absolute atomic E-state index is 13.0. The fraction of sp³-hybridized carbons (Fsp3) is 0.240. The van der Waals surface area contributed by atoms with Gasteiger partial charge in [-0.1, -0.05) is 60.7 Å². The first-order valence-corrected chi connectivity index (χ1v) is 10.8. The predicted molar refractivity (Wildman–Crippen MR) is 120 cm³/mol. The quantitative estimate of drug-likeness (QED) is 0.426. The number of nitrogens with zero attached hydrogens (tertiary/aromatic N) is 2. The van der Waals surface area contributed by atoms with E-state index < -0.39 is 18.0 Å². The molecular formula is C25H26N3O5+. The molecule has 4 rings (SSSR count). The van der Waals surface area contributed by atoms with Crippen molar-refractivity contribution in [2.45, 2.75) is 32.1 Å². The lowest BCUT2D eigenvalue weighted by molar-refractivity contribution is -0.893. The van der Waals surface area contributed by atoms with Gasteiger partial charge in [0.05, 0.1) is 0 Å². The van der Waals surface area contributed by atoms with Crippen molar-refractivity contribution in [3.8, 4) is 5.75 Å².